The smallest absolute Gasteiger partial charge is 0.358 e. The van der Waals surface area contributed by atoms with E-state index in [1.807, 2.05) is 0 Å². The van der Waals surface area contributed by atoms with Gasteiger partial charge in [-0.3, -0.25) is 4.79 Å². The van der Waals surface area contributed by atoms with Crippen LogP contribution >= 0.6 is 39.1 Å². The molecule has 6 nitrogen and oxygen atoms in total. The summed E-state index contributed by atoms with van der Waals surface area (Å²) in [6, 6.07) is 4.88. The van der Waals surface area contributed by atoms with E-state index >= 15 is 0 Å². The Hall–Kier alpha value is -1.83. The van der Waals surface area contributed by atoms with E-state index in [9.17, 15) is 9.59 Å². The molecule has 2 rings (SSSR count). The van der Waals surface area contributed by atoms with Gasteiger partial charge in [0.2, 0.25) is 5.91 Å². The Labute approximate surface area is 162 Å². The van der Waals surface area contributed by atoms with Gasteiger partial charge in [-0.2, -0.15) is 0 Å². The van der Waals surface area contributed by atoms with Gasteiger partial charge in [0, 0.05) is 12.5 Å². The van der Waals surface area contributed by atoms with Crippen LogP contribution in [-0.4, -0.2) is 31.1 Å². The molecule has 0 aliphatic heterocycles. The predicted molar refractivity (Wildman–Crippen MR) is 99.6 cm³/mol. The molecule has 0 saturated heterocycles. The zero-order valence-electron chi connectivity index (χ0n) is 13.4. The standard InChI is InChI=1S/C16H13BrCl2N2O4/c1-7(22)20-11-6-10(21-14(13(11)19)16(23)25-3)8-4-5-9(18)15(24-2)12(8)17/h4-6H,1-3H3,(H,20,21,22). The molecule has 1 amide bonds. The first-order valence-electron chi connectivity index (χ1n) is 6.89. The number of benzene rings is 1. The third-order valence-electron chi connectivity index (χ3n) is 3.18. The number of carbonyl (C=O) groups excluding carboxylic acids is 2. The number of nitrogens with one attached hydrogen (secondary N) is 1. The molecular formula is C16H13BrCl2N2O4. The van der Waals surface area contributed by atoms with Crippen LogP contribution in [0.25, 0.3) is 11.3 Å². The Kier molecular flexibility index (Phi) is 6.26. The van der Waals surface area contributed by atoms with Crippen molar-refractivity contribution in [3.63, 3.8) is 0 Å². The Balaban J connectivity index is 2.73. The molecule has 1 N–H and O–H groups in total. The van der Waals surface area contributed by atoms with Gasteiger partial charge in [0.15, 0.2) is 11.4 Å². The highest BCUT2D eigenvalue weighted by Gasteiger charge is 2.21. The summed E-state index contributed by atoms with van der Waals surface area (Å²) in [5.74, 6) is -0.658. The highest BCUT2D eigenvalue weighted by Crippen LogP contribution is 2.41. The minimum Gasteiger partial charge on any atom is -0.494 e. The number of hydrogen-bond donors (Lipinski definition) is 1. The zero-order valence-corrected chi connectivity index (χ0v) is 16.5. The second-order valence-electron chi connectivity index (χ2n) is 4.83. The molecule has 2 aromatic rings. The lowest BCUT2D eigenvalue weighted by Gasteiger charge is -2.14. The Bertz CT molecular complexity index is 859. The van der Waals surface area contributed by atoms with Crippen LogP contribution in [0.15, 0.2) is 22.7 Å². The van der Waals surface area contributed by atoms with E-state index in [2.05, 4.69) is 26.2 Å². The Morgan fingerprint density at radius 1 is 1.24 bits per heavy atom. The molecule has 0 atom stereocenters. The lowest BCUT2D eigenvalue weighted by molar-refractivity contribution is -0.114. The van der Waals surface area contributed by atoms with E-state index in [0.29, 0.717) is 26.5 Å². The molecule has 0 fully saturated rings. The maximum Gasteiger partial charge on any atom is 0.358 e. The number of aromatic nitrogens is 1. The fourth-order valence-electron chi connectivity index (χ4n) is 2.10. The van der Waals surface area contributed by atoms with Crippen molar-refractivity contribution in [3.8, 4) is 17.0 Å². The Morgan fingerprint density at radius 2 is 1.92 bits per heavy atom. The first kappa shape index (κ1) is 19.5. The van der Waals surface area contributed by atoms with Gasteiger partial charge < -0.3 is 14.8 Å². The van der Waals surface area contributed by atoms with E-state index in [4.69, 9.17) is 32.7 Å². The van der Waals surface area contributed by atoms with Crippen LogP contribution < -0.4 is 10.1 Å². The molecule has 25 heavy (non-hydrogen) atoms. The summed E-state index contributed by atoms with van der Waals surface area (Å²) in [5.41, 5.74) is 1.08. The van der Waals surface area contributed by atoms with Crippen LogP contribution in [0.3, 0.4) is 0 Å². The fourth-order valence-corrected chi connectivity index (χ4v) is 3.38. The first-order valence-corrected chi connectivity index (χ1v) is 8.43. The first-order chi connectivity index (χ1) is 11.8. The van der Waals surface area contributed by atoms with Gasteiger partial charge in [0.25, 0.3) is 0 Å². The van der Waals surface area contributed by atoms with Crippen LogP contribution in [0, 0.1) is 0 Å². The predicted octanol–water partition coefficient (Wildman–Crippen LogP) is 4.57. The van der Waals surface area contributed by atoms with Crippen molar-refractivity contribution in [2.24, 2.45) is 0 Å². The average molecular weight is 448 g/mol. The Morgan fingerprint density at radius 3 is 2.48 bits per heavy atom. The van der Waals surface area contributed by atoms with Crippen molar-refractivity contribution in [3.05, 3.63) is 38.4 Å². The second-order valence-corrected chi connectivity index (χ2v) is 6.41. The number of halogens is 3. The lowest BCUT2D eigenvalue weighted by atomic mass is 10.1. The van der Waals surface area contributed by atoms with Gasteiger partial charge in [-0.05, 0) is 34.1 Å². The summed E-state index contributed by atoms with van der Waals surface area (Å²) in [4.78, 5) is 27.7. The van der Waals surface area contributed by atoms with Gasteiger partial charge in [-0.1, -0.05) is 23.2 Å². The zero-order chi connectivity index (χ0) is 18.7. The van der Waals surface area contributed by atoms with Gasteiger partial charge in [0.05, 0.1) is 40.1 Å². The van der Waals surface area contributed by atoms with E-state index < -0.39 is 5.97 Å². The summed E-state index contributed by atoms with van der Waals surface area (Å²) < 4.78 is 10.5. The van der Waals surface area contributed by atoms with Crippen LogP contribution in [0.5, 0.6) is 5.75 Å². The molecule has 1 aromatic carbocycles. The molecule has 0 bridgehead atoms. The molecule has 0 spiro atoms. The highest BCUT2D eigenvalue weighted by atomic mass is 79.9. The molecule has 0 aliphatic carbocycles. The van der Waals surface area contributed by atoms with Crippen molar-refractivity contribution in [2.45, 2.75) is 6.92 Å². The van der Waals surface area contributed by atoms with Crippen molar-refractivity contribution >= 4 is 56.7 Å². The lowest BCUT2D eigenvalue weighted by Crippen LogP contribution is -2.12. The third-order valence-corrected chi connectivity index (χ3v) is 4.64. The molecule has 1 aromatic heterocycles. The van der Waals surface area contributed by atoms with Crippen molar-refractivity contribution in [1.82, 2.24) is 4.98 Å². The summed E-state index contributed by atoms with van der Waals surface area (Å²) >= 11 is 15.7. The number of nitrogens with zero attached hydrogens (tertiary/aromatic N) is 1. The summed E-state index contributed by atoms with van der Waals surface area (Å²) in [7, 11) is 2.69. The van der Waals surface area contributed by atoms with Crippen molar-refractivity contribution in [2.75, 3.05) is 19.5 Å². The maximum absolute atomic E-state index is 12.0. The van der Waals surface area contributed by atoms with E-state index in [1.54, 1.807) is 18.2 Å². The number of carbonyl (C=O) groups is 2. The van der Waals surface area contributed by atoms with E-state index in [-0.39, 0.29) is 22.3 Å². The number of pyridine rings is 1. The monoisotopic (exact) mass is 446 g/mol. The largest absolute Gasteiger partial charge is 0.494 e. The number of anilines is 1. The number of methoxy groups -OCH3 is 2. The highest BCUT2D eigenvalue weighted by molar-refractivity contribution is 9.10. The number of esters is 1. The number of hydrogen-bond acceptors (Lipinski definition) is 5. The molecule has 132 valence electrons. The number of ether oxygens (including phenoxy) is 2. The SMILES string of the molecule is COC(=O)c1nc(-c2ccc(Cl)c(OC)c2Br)cc(NC(C)=O)c1Cl. The molecule has 0 unspecified atom stereocenters. The topological polar surface area (TPSA) is 77.5 Å². The molecule has 0 aliphatic rings. The molecular weight excluding hydrogens is 435 g/mol. The maximum atomic E-state index is 12.0. The van der Waals surface area contributed by atoms with E-state index in [0.717, 1.165) is 0 Å². The summed E-state index contributed by atoms with van der Waals surface area (Å²) in [6.45, 7) is 1.33. The van der Waals surface area contributed by atoms with Crippen LogP contribution in [0.2, 0.25) is 10.0 Å². The van der Waals surface area contributed by atoms with E-state index in [1.165, 1.54) is 21.1 Å². The summed E-state index contributed by atoms with van der Waals surface area (Å²) in [6.07, 6.45) is 0. The number of amides is 1. The third kappa shape index (κ3) is 4.05. The van der Waals surface area contributed by atoms with Gasteiger partial charge in [-0.25, -0.2) is 9.78 Å². The summed E-state index contributed by atoms with van der Waals surface area (Å²) in [5, 5.41) is 2.96. The molecule has 0 saturated carbocycles. The molecule has 9 heteroatoms. The van der Waals surface area contributed by atoms with Crippen LogP contribution in [0.1, 0.15) is 17.4 Å². The van der Waals surface area contributed by atoms with Gasteiger partial charge in [-0.15, -0.1) is 0 Å². The van der Waals surface area contributed by atoms with Gasteiger partial charge >= 0.3 is 5.97 Å². The normalized spacial score (nSPS) is 10.3. The fraction of sp³-hybridized carbons (Fsp3) is 0.188. The molecule has 0 radical (unpaired) electrons. The number of rotatable bonds is 4. The minimum absolute atomic E-state index is 0.0112. The average Bonchev–Trinajstić information content (AvgIpc) is 2.56. The van der Waals surface area contributed by atoms with Gasteiger partial charge in [0.1, 0.15) is 0 Å². The van der Waals surface area contributed by atoms with Crippen LogP contribution in [-0.2, 0) is 9.53 Å². The van der Waals surface area contributed by atoms with Crippen molar-refractivity contribution in [1.29, 1.82) is 0 Å². The van der Waals surface area contributed by atoms with Crippen molar-refractivity contribution < 1.29 is 19.1 Å². The minimum atomic E-state index is -0.726. The second kappa shape index (κ2) is 8.03. The quantitative estimate of drug-likeness (QED) is 0.694. The van der Waals surface area contributed by atoms with Crippen LogP contribution in [0.4, 0.5) is 5.69 Å². The molecule has 1 heterocycles.